The maximum atomic E-state index is 6.70. The highest BCUT2D eigenvalue weighted by Gasteiger charge is 2.31. The second kappa shape index (κ2) is 12.0. The first-order valence-electron chi connectivity index (χ1n) is 17.8. The first-order valence-corrected chi connectivity index (χ1v) is 17.8. The van der Waals surface area contributed by atoms with Crippen molar-refractivity contribution in [2.45, 2.75) is 24.9 Å². The van der Waals surface area contributed by atoms with Crippen molar-refractivity contribution in [2.75, 3.05) is 7.05 Å². The van der Waals surface area contributed by atoms with Gasteiger partial charge in [-0.1, -0.05) is 133 Å². The van der Waals surface area contributed by atoms with E-state index in [2.05, 4.69) is 158 Å². The molecule has 244 valence electrons. The summed E-state index contributed by atoms with van der Waals surface area (Å²) in [5, 5.41) is 4.74. The zero-order valence-electron chi connectivity index (χ0n) is 28.3. The first kappa shape index (κ1) is 29.6. The fourth-order valence-electron chi connectivity index (χ4n) is 8.27. The predicted molar refractivity (Wildman–Crippen MR) is 210 cm³/mol. The number of fused-ring (bicyclic) bond motifs is 7. The van der Waals surface area contributed by atoms with Gasteiger partial charge in [0.25, 0.3) is 0 Å². The molecule has 0 fully saturated rings. The van der Waals surface area contributed by atoms with Crippen LogP contribution in [0.3, 0.4) is 0 Å². The van der Waals surface area contributed by atoms with E-state index in [1.165, 1.54) is 38.6 Å². The number of amidine groups is 2. The summed E-state index contributed by atoms with van der Waals surface area (Å²) in [6.07, 6.45) is 1.72. The van der Waals surface area contributed by atoms with E-state index in [0.717, 1.165) is 63.1 Å². The average Bonchev–Trinajstić information content (AvgIpc) is 3.49. The quantitative estimate of drug-likeness (QED) is 0.189. The van der Waals surface area contributed by atoms with Gasteiger partial charge in [0.2, 0.25) is 0 Å². The number of nitrogens with zero attached hydrogens (tertiary/aromatic N) is 3. The molecule has 1 aromatic heterocycles. The summed E-state index contributed by atoms with van der Waals surface area (Å²) in [6, 6.07) is 56.4. The second-order valence-electron chi connectivity index (χ2n) is 13.7. The molecule has 0 radical (unpaired) electrons. The summed E-state index contributed by atoms with van der Waals surface area (Å²) in [7, 11) is 2.12. The van der Waals surface area contributed by atoms with Gasteiger partial charge in [0, 0.05) is 34.9 Å². The second-order valence-corrected chi connectivity index (χ2v) is 13.7. The molecule has 7 aromatic carbocycles. The van der Waals surface area contributed by atoms with Crippen LogP contribution in [0.5, 0.6) is 0 Å². The van der Waals surface area contributed by atoms with Crippen LogP contribution in [-0.2, 0) is 6.42 Å². The van der Waals surface area contributed by atoms with Crippen molar-refractivity contribution >= 4 is 44.4 Å². The van der Waals surface area contributed by atoms with Crippen molar-refractivity contribution in [1.29, 1.82) is 0 Å². The van der Waals surface area contributed by atoms with Gasteiger partial charge >= 0.3 is 0 Å². The van der Waals surface area contributed by atoms with E-state index >= 15 is 0 Å². The fraction of sp³-hybridized carbons (Fsp3) is 0.106. The van der Waals surface area contributed by atoms with Gasteiger partial charge in [-0.25, -0.2) is 9.98 Å². The molecular weight excluding hydrogens is 623 g/mol. The van der Waals surface area contributed by atoms with Crippen molar-refractivity contribution in [1.82, 2.24) is 4.90 Å². The van der Waals surface area contributed by atoms with Crippen molar-refractivity contribution < 1.29 is 4.42 Å². The van der Waals surface area contributed by atoms with Gasteiger partial charge < -0.3 is 9.32 Å². The molecule has 0 saturated heterocycles. The number of hydrogen-bond donors (Lipinski definition) is 0. The molecule has 0 amide bonds. The van der Waals surface area contributed by atoms with Crippen LogP contribution >= 0.6 is 0 Å². The molecule has 4 heteroatoms. The summed E-state index contributed by atoms with van der Waals surface area (Å²) in [4.78, 5) is 12.8. The maximum absolute atomic E-state index is 6.70. The van der Waals surface area contributed by atoms with Gasteiger partial charge in [-0.15, -0.1) is 0 Å². The summed E-state index contributed by atoms with van der Waals surface area (Å²) < 4.78 is 6.70. The molecule has 4 nitrogen and oxygen atoms in total. The molecule has 1 aliphatic carbocycles. The summed E-state index contributed by atoms with van der Waals surface area (Å²) >= 11 is 0. The average molecular weight is 658 g/mol. The largest absolute Gasteiger partial charge is 0.456 e. The van der Waals surface area contributed by atoms with Crippen LogP contribution in [0.15, 0.2) is 172 Å². The Morgan fingerprint density at radius 2 is 1.31 bits per heavy atom. The van der Waals surface area contributed by atoms with Crippen LogP contribution in [0, 0.1) is 0 Å². The molecule has 8 aromatic rings. The molecule has 10 rings (SSSR count). The smallest absolute Gasteiger partial charge is 0.159 e. The Morgan fingerprint density at radius 1 is 0.608 bits per heavy atom. The number of para-hydroxylation sites is 1. The molecule has 51 heavy (non-hydrogen) atoms. The van der Waals surface area contributed by atoms with E-state index in [0.29, 0.717) is 0 Å². The minimum absolute atomic E-state index is 0.162. The fourth-order valence-corrected chi connectivity index (χ4v) is 8.27. The Labute approximate surface area is 297 Å². The highest BCUT2D eigenvalue weighted by Crippen LogP contribution is 2.45. The van der Waals surface area contributed by atoms with Crippen LogP contribution in [0.1, 0.15) is 51.9 Å². The molecule has 0 bridgehead atoms. The monoisotopic (exact) mass is 657 g/mol. The van der Waals surface area contributed by atoms with Crippen molar-refractivity contribution in [3.8, 4) is 11.1 Å². The van der Waals surface area contributed by atoms with E-state index in [9.17, 15) is 0 Å². The molecule has 0 N–H and O–H groups in total. The number of aliphatic imine (C=N–C) groups is 2. The molecule has 2 unspecified atom stereocenters. The summed E-state index contributed by atoms with van der Waals surface area (Å²) in [5.41, 5.74) is 11.6. The lowest BCUT2D eigenvalue weighted by Gasteiger charge is -2.33. The Balaban J connectivity index is 1.20. The number of benzene rings is 7. The van der Waals surface area contributed by atoms with Crippen molar-refractivity contribution in [2.24, 2.45) is 9.98 Å². The molecule has 0 saturated carbocycles. The number of furan rings is 1. The van der Waals surface area contributed by atoms with Gasteiger partial charge in [-0.2, -0.15) is 0 Å². The normalized spacial score (nSPS) is 17.2. The lowest BCUT2D eigenvalue weighted by atomic mass is 9.84. The molecule has 1 aliphatic heterocycles. The third-order valence-electron chi connectivity index (χ3n) is 10.7. The van der Waals surface area contributed by atoms with Gasteiger partial charge in [0.05, 0.1) is 0 Å². The third-order valence-corrected chi connectivity index (χ3v) is 10.7. The summed E-state index contributed by atoms with van der Waals surface area (Å²) in [5.74, 6) is 1.77. The molecular formula is C47H35N3O. The highest BCUT2D eigenvalue weighted by atomic mass is 16.3. The van der Waals surface area contributed by atoms with Crippen LogP contribution in [0.4, 0.5) is 0 Å². The minimum atomic E-state index is -0.243. The van der Waals surface area contributed by atoms with E-state index in [1.54, 1.807) is 0 Å². The maximum Gasteiger partial charge on any atom is 0.159 e. The van der Waals surface area contributed by atoms with Gasteiger partial charge in [-0.3, -0.25) is 0 Å². The first-order chi connectivity index (χ1) is 25.2. The standard InChI is InChI=1S/C47H35N3O/c1-50-46(31-16-6-3-7-17-31)48-45(30-14-4-2-5-15-30)49-47(50)41-28-35(29-43-44(41)39-22-12-13-23-42(39)51-43)36-25-24-34-26-32-18-8-9-19-33(32)27-40(34)38-21-11-10-20-37(36)38/h2-23,26-29,36,46H,24-25H2,1H3. The molecule has 2 atom stereocenters. The topological polar surface area (TPSA) is 41.1 Å². The van der Waals surface area contributed by atoms with Crippen LogP contribution < -0.4 is 0 Å². The zero-order valence-corrected chi connectivity index (χ0v) is 28.3. The van der Waals surface area contributed by atoms with E-state index in [1.807, 2.05) is 12.1 Å². The zero-order chi connectivity index (χ0) is 33.9. The van der Waals surface area contributed by atoms with Crippen LogP contribution in [0.25, 0.3) is 43.8 Å². The third kappa shape index (κ3) is 4.98. The summed E-state index contributed by atoms with van der Waals surface area (Å²) in [6.45, 7) is 0. The highest BCUT2D eigenvalue weighted by molar-refractivity contribution is 6.22. The van der Waals surface area contributed by atoms with Crippen LogP contribution in [0.2, 0.25) is 0 Å². The van der Waals surface area contributed by atoms with Crippen molar-refractivity contribution in [3.05, 3.63) is 191 Å². The molecule has 0 spiro atoms. The SMILES string of the molecule is CN1C(c2cc(C3CCc4cc5ccccc5cc4-c4ccccc43)cc3oc4ccccc4c23)=NC(c2ccccc2)=NC1c1ccccc1. The number of rotatable bonds is 4. The predicted octanol–water partition coefficient (Wildman–Crippen LogP) is 11.3. The van der Waals surface area contributed by atoms with Gasteiger partial charge in [0.1, 0.15) is 23.2 Å². The Morgan fingerprint density at radius 3 is 2.16 bits per heavy atom. The van der Waals surface area contributed by atoms with E-state index in [-0.39, 0.29) is 12.1 Å². The van der Waals surface area contributed by atoms with Gasteiger partial charge in [-0.05, 0) is 81.3 Å². The van der Waals surface area contributed by atoms with E-state index < -0.39 is 0 Å². The minimum Gasteiger partial charge on any atom is -0.456 e. The van der Waals surface area contributed by atoms with Crippen LogP contribution in [-0.4, -0.2) is 23.6 Å². The van der Waals surface area contributed by atoms with Crippen molar-refractivity contribution in [3.63, 3.8) is 0 Å². The van der Waals surface area contributed by atoms with Gasteiger partial charge in [0.15, 0.2) is 5.84 Å². The number of hydrogen-bond acceptors (Lipinski definition) is 4. The Hall–Kier alpha value is -6.26. The van der Waals surface area contributed by atoms with E-state index in [4.69, 9.17) is 14.4 Å². The molecule has 2 aliphatic rings. The molecule has 2 heterocycles. The lowest BCUT2D eigenvalue weighted by Crippen LogP contribution is -2.36. The Bertz CT molecular complexity index is 2670. The lowest BCUT2D eigenvalue weighted by molar-refractivity contribution is 0.383. The number of aryl methyl sites for hydroxylation is 1. The Kier molecular flexibility index (Phi) is 6.95.